The molecule has 29 heavy (non-hydrogen) atoms. The maximum atomic E-state index is 13.1. The molecule has 0 radical (unpaired) electrons. The topological polar surface area (TPSA) is 46.1 Å². The van der Waals surface area contributed by atoms with Gasteiger partial charge in [0.2, 0.25) is 0 Å². The van der Waals surface area contributed by atoms with Gasteiger partial charge in [0.25, 0.3) is 0 Å². The summed E-state index contributed by atoms with van der Waals surface area (Å²) in [6.07, 6.45) is 2.34. The van der Waals surface area contributed by atoms with Crippen molar-refractivity contribution in [3.8, 4) is 0 Å². The summed E-state index contributed by atoms with van der Waals surface area (Å²) in [7, 11) is 1.85. The molecule has 0 aliphatic carbocycles. The highest BCUT2D eigenvalue weighted by Gasteiger charge is 2.21. The van der Waals surface area contributed by atoms with Crippen molar-refractivity contribution >= 4 is 11.6 Å². The van der Waals surface area contributed by atoms with E-state index in [1.54, 1.807) is 0 Å². The van der Waals surface area contributed by atoms with Gasteiger partial charge >= 0.3 is 0 Å². The number of likely N-dealkylation sites (tertiary alicyclic amines) is 1. The Kier molecular flexibility index (Phi) is 8.12. The average molecular weight is 405 g/mol. The van der Waals surface area contributed by atoms with E-state index in [9.17, 15) is 4.39 Å². The minimum atomic E-state index is -0.175. The number of piperazine rings is 1. The second-order valence-corrected chi connectivity index (χ2v) is 8.35. The number of nitrogens with zero attached hydrogens (tertiary/aromatic N) is 4. The van der Waals surface area contributed by atoms with Gasteiger partial charge in [0.15, 0.2) is 5.96 Å². The molecule has 6 nitrogen and oxygen atoms in total. The van der Waals surface area contributed by atoms with Crippen LogP contribution in [0, 0.1) is 5.82 Å². The van der Waals surface area contributed by atoms with Crippen LogP contribution < -0.4 is 15.5 Å². The molecule has 0 aromatic heterocycles. The molecular formula is C22H37FN6. The fourth-order valence-corrected chi connectivity index (χ4v) is 4.16. The van der Waals surface area contributed by atoms with Crippen molar-refractivity contribution in [3.63, 3.8) is 0 Å². The summed E-state index contributed by atoms with van der Waals surface area (Å²) in [5.41, 5.74) is 1.11. The first-order valence-electron chi connectivity index (χ1n) is 11.0. The van der Waals surface area contributed by atoms with Crippen LogP contribution >= 0.6 is 0 Å². The lowest BCUT2D eigenvalue weighted by Gasteiger charge is -2.36. The Hall–Kier alpha value is -1.86. The highest BCUT2D eigenvalue weighted by molar-refractivity contribution is 5.79. The van der Waals surface area contributed by atoms with Gasteiger partial charge in [-0.2, -0.15) is 0 Å². The fourth-order valence-electron chi connectivity index (χ4n) is 4.16. The Bertz CT molecular complexity index is 631. The molecule has 0 atom stereocenters. The number of benzene rings is 1. The van der Waals surface area contributed by atoms with Crippen molar-refractivity contribution in [2.45, 2.75) is 38.8 Å². The summed E-state index contributed by atoms with van der Waals surface area (Å²) < 4.78 is 13.1. The predicted octanol–water partition coefficient (Wildman–Crippen LogP) is 1.99. The van der Waals surface area contributed by atoms with Crippen molar-refractivity contribution < 1.29 is 4.39 Å². The molecule has 2 aliphatic heterocycles. The molecule has 0 unspecified atom stereocenters. The number of halogens is 1. The Morgan fingerprint density at radius 2 is 1.72 bits per heavy atom. The van der Waals surface area contributed by atoms with Crippen LogP contribution in [0.3, 0.4) is 0 Å². The van der Waals surface area contributed by atoms with E-state index in [2.05, 4.69) is 44.2 Å². The van der Waals surface area contributed by atoms with Crippen molar-refractivity contribution in [1.82, 2.24) is 20.4 Å². The van der Waals surface area contributed by atoms with E-state index in [1.165, 1.54) is 25.0 Å². The number of rotatable bonds is 6. The maximum Gasteiger partial charge on any atom is 0.191 e. The van der Waals surface area contributed by atoms with Crippen LogP contribution in [0.2, 0.25) is 0 Å². The molecule has 0 spiro atoms. The van der Waals surface area contributed by atoms with Crippen LogP contribution in [-0.4, -0.2) is 87.2 Å². The van der Waals surface area contributed by atoms with Gasteiger partial charge in [0.1, 0.15) is 5.82 Å². The van der Waals surface area contributed by atoms with Crippen molar-refractivity contribution in [1.29, 1.82) is 0 Å². The lowest BCUT2D eigenvalue weighted by molar-refractivity contribution is 0.167. The molecule has 0 bridgehead atoms. The number of aliphatic imine (C=N–C) groups is 1. The number of hydrogen-bond acceptors (Lipinski definition) is 4. The van der Waals surface area contributed by atoms with Crippen LogP contribution in [-0.2, 0) is 0 Å². The second kappa shape index (κ2) is 10.8. The molecule has 162 valence electrons. The van der Waals surface area contributed by atoms with E-state index in [1.807, 2.05) is 19.2 Å². The quantitative estimate of drug-likeness (QED) is 0.561. The van der Waals surface area contributed by atoms with E-state index in [0.29, 0.717) is 12.1 Å². The van der Waals surface area contributed by atoms with Crippen molar-refractivity contribution in [3.05, 3.63) is 30.1 Å². The minimum Gasteiger partial charge on any atom is -0.369 e. The molecule has 0 saturated carbocycles. The standard InChI is InChI=1S/C22H37FN6/c1-18(2)28-11-8-20(9-12-28)26-22(24-3)25-10-13-27-14-16-29(17-15-27)21-6-4-19(23)5-7-21/h4-7,18,20H,8-17H2,1-3H3,(H2,24,25,26). The number of nitrogens with one attached hydrogen (secondary N) is 2. The first kappa shape index (κ1) is 21.8. The summed E-state index contributed by atoms with van der Waals surface area (Å²) in [5.74, 6) is 0.740. The van der Waals surface area contributed by atoms with Gasteiger partial charge in [-0.1, -0.05) is 0 Å². The first-order valence-corrected chi connectivity index (χ1v) is 11.0. The maximum absolute atomic E-state index is 13.1. The Balaban J connectivity index is 1.33. The van der Waals surface area contributed by atoms with E-state index < -0.39 is 0 Å². The van der Waals surface area contributed by atoms with E-state index in [4.69, 9.17) is 0 Å². The molecule has 2 saturated heterocycles. The van der Waals surface area contributed by atoms with Gasteiger partial charge in [-0.15, -0.1) is 0 Å². The smallest absolute Gasteiger partial charge is 0.191 e. The molecule has 0 amide bonds. The number of guanidine groups is 1. The second-order valence-electron chi connectivity index (χ2n) is 8.35. The Morgan fingerprint density at radius 1 is 1.07 bits per heavy atom. The third kappa shape index (κ3) is 6.57. The summed E-state index contributed by atoms with van der Waals surface area (Å²) in [5, 5.41) is 7.07. The summed E-state index contributed by atoms with van der Waals surface area (Å²) in [4.78, 5) is 11.7. The molecule has 1 aromatic carbocycles. The minimum absolute atomic E-state index is 0.175. The Morgan fingerprint density at radius 3 is 2.31 bits per heavy atom. The van der Waals surface area contributed by atoms with Crippen LogP contribution in [0.15, 0.2) is 29.3 Å². The molecule has 2 fully saturated rings. The zero-order valence-corrected chi connectivity index (χ0v) is 18.2. The van der Waals surface area contributed by atoms with Crippen molar-refractivity contribution in [2.24, 2.45) is 4.99 Å². The first-order chi connectivity index (χ1) is 14.0. The third-order valence-corrected chi connectivity index (χ3v) is 6.11. The highest BCUT2D eigenvalue weighted by atomic mass is 19.1. The van der Waals surface area contributed by atoms with E-state index >= 15 is 0 Å². The van der Waals surface area contributed by atoms with Crippen LogP contribution in [0.4, 0.5) is 10.1 Å². The summed E-state index contributed by atoms with van der Waals surface area (Å²) in [6, 6.07) is 7.96. The van der Waals surface area contributed by atoms with Crippen LogP contribution in [0.1, 0.15) is 26.7 Å². The summed E-state index contributed by atoms with van der Waals surface area (Å²) in [6.45, 7) is 12.8. The van der Waals surface area contributed by atoms with Crippen LogP contribution in [0.25, 0.3) is 0 Å². The molecule has 2 heterocycles. The summed E-state index contributed by atoms with van der Waals surface area (Å²) >= 11 is 0. The number of anilines is 1. The fraction of sp³-hybridized carbons (Fsp3) is 0.682. The average Bonchev–Trinajstić information content (AvgIpc) is 2.74. The SMILES string of the molecule is CN=C(NCCN1CCN(c2ccc(F)cc2)CC1)NC1CCN(C(C)C)CC1. The molecule has 3 rings (SSSR count). The molecular weight excluding hydrogens is 367 g/mol. The monoisotopic (exact) mass is 404 g/mol. The zero-order chi connectivity index (χ0) is 20.6. The predicted molar refractivity (Wildman–Crippen MR) is 119 cm³/mol. The molecule has 7 heteroatoms. The lowest BCUT2D eigenvalue weighted by Crippen LogP contribution is -2.52. The number of hydrogen-bond donors (Lipinski definition) is 2. The lowest BCUT2D eigenvalue weighted by atomic mass is 10.0. The zero-order valence-electron chi connectivity index (χ0n) is 18.2. The van der Waals surface area contributed by atoms with Gasteiger partial charge in [-0.25, -0.2) is 4.39 Å². The van der Waals surface area contributed by atoms with Crippen molar-refractivity contribution in [2.75, 3.05) is 64.3 Å². The van der Waals surface area contributed by atoms with Gasteiger partial charge in [-0.05, 0) is 51.0 Å². The number of piperidine rings is 1. The van der Waals surface area contributed by atoms with E-state index in [0.717, 1.165) is 64.0 Å². The largest absolute Gasteiger partial charge is 0.369 e. The third-order valence-electron chi connectivity index (χ3n) is 6.11. The van der Waals surface area contributed by atoms with E-state index in [-0.39, 0.29) is 5.82 Å². The molecule has 2 aliphatic rings. The van der Waals surface area contributed by atoms with Gasteiger partial charge in [0.05, 0.1) is 0 Å². The Labute approximate surface area is 175 Å². The highest BCUT2D eigenvalue weighted by Crippen LogP contribution is 2.16. The molecule has 1 aromatic rings. The van der Waals surface area contributed by atoms with Gasteiger partial charge in [-0.3, -0.25) is 9.89 Å². The molecule has 2 N–H and O–H groups in total. The van der Waals surface area contributed by atoms with Gasteiger partial charge < -0.3 is 20.4 Å². The van der Waals surface area contributed by atoms with Gasteiger partial charge in [0, 0.05) is 77.2 Å². The van der Waals surface area contributed by atoms with Crippen LogP contribution in [0.5, 0.6) is 0 Å². The normalized spacial score (nSPS) is 20.3.